The van der Waals surface area contributed by atoms with Crippen LogP contribution in [0.15, 0.2) is 53.6 Å². The Labute approximate surface area is 226 Å². The van der Waals surface area contributed by atoms with Gasteiger partial charge in [0.2, 0.25) is 0 Å². The molecule has 2 heterocycles. The summed E-state index contributed by atoms with van der Waals surface area (Å²) in [4.78, 5) is 9.23. The summed E-state index contributed by atoms with van der Waals surface area (Å²) in [5, 5.41) is 0.0430. The molecule has 1 saturated carbocycles. The number of benzene rings is 2. The first-order valence-electron chi connectivity index (χ1n) is 12.6. The van der Waals surface area contributed by atoms with Crippen LogP contribution in [0.1, 0.15) is 62.9 Å². The van der Waals surface area contributed by atoms with E-state index in [1.165, 1.54) is 24.3 Å². The van der Waals surface area contributed by atoms with Gasteiger partial charge in [0.15, 0.2) is 0 Å². The summed E-state index contributed by atoms with van der Waals surface area (Å²) in [6.07, 6.45) is 5.58. The summed E-state index contributed by atoms with van der Waals surface area (Å²) in [5.74, 6) is 0.671. The summed E-state index contributed by atoms with van der Waals surface area (Å²) >= 11 is 6.05. The van der Waals surface area contributed by atoms with Crippen molar-refractivity contribution >= 4 is 38.6 Å². The monoisotopic (exact) mass is 556 g/mol. The van der Waals surface area contributed by atoms with Crippen molar-refractivity contribution in [1.82, 2.24) is 14.4 Å². The third-order valence-corrected chi connectivity index (χ3v) is 8.92. The Hall–Kier alpha value is -3.21. The zero-order valence-corrected chi connectivity index (χ0v) is 22.7. The van der Waals surface area contributed by atoms with E-state index in [1.807, 2.05) is 20.0 Å². The molecule has 4 aromatic rings. The number of hydrogen-bond donors (Lipinski definition) is 3. The van der Waals surface area contributed by atoms with Crippen LogP contribution in [0.2, 0.25) is 5.02 Å². The Balaban J connectivity index is 1.57. The molecule has 1 fully saturated rings. The second kappa shape index (κ2) is 10.2. The van der Waals surface area contributed by atoms with Gasteiger partial charge < -0.3 is 11.5 Å². The van der Waals surface area contributed by atoms with Crippen LogP contribution in [-0.2, 0) is 10.0 Å². The van der Waals surface area contributed by atoms with E-state index in [2.05, 4.69) is 14.1 Å². The first-order valence-corrected chi connectivity index (χ1v) is 14.4. The van der Waals surface area contributed by atoms with Gasteiger partial charge in [-0.05, 0) is 49.9 Å². The van der Waals surface area contributed by atoms with Gasteiger partial charge in [0.25, 0.3) is 10.0 Å². The molecule has 0 aliphatic heterocycles. The molecule has 0 bridgehead atoms. The van der Waals surface area contributed by atoms with Gasteiger partial charge in [-0.1, -0.05) is 43.6 Å². The minimum atomic E-state index is -4.10. The minimum Gasteiger partial charge on any atom is -0.382 e. The summed E-state index contributed by atoms with van der Waals surface area (Å²) in [6, 6.07) is 10.4. The molecule has 5 rings (SSSR count). The highest BCUT2D eigenvalue weighted by Gasteiger charge is 2.27. The van der Waals surface area contributed by atoms with Crippen molar-refractivity contribution in [3.8, 4) is 11.3 Å². The third kappa shape index (κ3) is 4.83. The normalized spacial score (nSPS) is 18.3. The number of imidazole rings is 1. The molecule has 0 atom stereocenters. The average Bonchev–Trinajstić information content (AvgIpc) is 3.28. The highest BCUT2D eigenvalue weighted by molar-refractivity contribution is 7.92. The first kappa shape index (κ1) is 26.4. The van der Waals surface area contributed by atoms with Crippen molar-refractivity contribution in [3.63, 3.8) is 0 Å². The second-order valence-corrected chi connectivity index (χ2v) is 12.1. The largest absolute Gasteiger partial charge is 0.382 e. The Morgan fingerprint density at radius 2 is 1.84 bits per heavy atom. The lowest BCUT2D eigenvalue weighted by atomic mass is 9.84. The molecule has 0 saturated heterocycles. The quantitative estimate of drug-likeness (QED) is 0.280. The van der Waals surface area contributed by atoms with E-state index in [9.17, 15) is 8.42 Å². The number of halogens is 2. The van der Waals surface area contributed by atoms with Crippen LogP contribution >= 0.6 is 11.6 Å². The van der Waals surface area contributed by atoms with Gasteiger partial charge in [0.1, 0.15) is 33.6 Å². The SMILES string of the molecule is CC(C)c1nc(-c2ccc(NS(=O)(=O)c3ccccc3Cl)c(F)c2)c2c(N)ncc([C@H]3CC[C@@H](N)CC3)n12. The molecule has 0 spiro atoms. The van der Waals surface area contributed by atoms with Gasteiger partial charge in [0, 0.05) is 35.3 Å². The number of nitrogens with zero attached hydrogens (tertiary/aromatic N) is 3. The van der Waals surface area contributed by atoms with Crippen LogP contribution < -0.4 is 16.2 Å². The summed E-state index contributed by atoms with van der Waals surface area (Å²) in [5.41, 5.74) is 14.9. The Morgan fingerprint density at radius 3 is 2.50 bits per heavy atom. The van der Waals surface area contributed by atoms with Gasteiger partial charge >= 0.3 is 0 Å². The van der Waals surface area contributed by atoms with E-state index in [1.54, 1.807) is 18.2 Å². The van der Waals surface area contributed by atoms with E-state index < -0.39 is 15.8 Å². The number of nitrogens with two attached hydrogens (primary N) is 2. The van der Waals surface area contributed by atoms with E-state index in [-0.39, 0.29) is 33.5 Å². The summed E-state index contributed by atoms with van der Waals surface area (Å²) < 4.78 is 45.3. The lowest BCUT2D eigenvalue weighted by Crippen LogP contribution is -2.26. The molecule has 0 unspecified atom stereocenters. The number of aromatic nitrogens is 3. The molecule has 0 amide bonds. The van der Waals surface area contributed by atoms with Crippen LogP contribution in [0.25, 0.3) is 16.8 Å². The number of sulfonamides is 1. The van der Waals surface area contributed by atoms with Crippen LogP contribution in [0.4, 0.5) is 15.9 Å². The maximum Gasteiger partial charge on any atom is 0.263 e. The average molecular weight is 557 g/mol. The molecule has 8 nitrogen and oxygen atoms in total. The molecular weight excluding hydrogens is 527 g/mol. The van der Waals surface area contributed by atoms with Gasteiger partial charge in [0.05, 0.1) is 10.7 Å². The van der Waals surface area contributed by atoms with Gasteiger partial charge in [-0.2, -0.15) is 0 Å². The molecule has 2 aromatic carbocycles. The smallest absolute Gasteiger partial charge is 0.263 e. The molecule has 2 aromatic heterocycles. The number of nitrogen functional groups attached to an aromatic ring is 1. The zero-order chi connectivity index (χ0) is 27.2. The summed E-state index contributed by atoms with van der Waals surface area (Å²) in [7, 11) is -4.10. The van der Waals surface area contributed by atoms with Gasteiger partial charge in [-0.3, -0.25) is 9.12 Å². The Morgan fingerprint density at radius 1 is 1.13 bits per heavy atom. The minimum absolute atomic E-state index is 0.0430. The fourth-order valence-corrected chi connectivity index (χ4v) is 6.68. The molecular formula is C27H30ClFN6O2S. The number of fused-ring (bicyclic) bond motifs is 1. The number of nitrogens with one attached hydrogen (secondary N) is 1. The zero-order valence-electron chi connectivity index (χ0n) is 21.2. The van der Waals surface area contributed by atoms with E-state index in [0.717, 1.165) is 37.2 Å². The number of hydrogen-bond acceptors (Lipinski definition) is 6. The highest BCUT2D eigenvalue weighted by atomic mass is 35.5. The van der Waals surface area contributed by atoms with Gasteiger partial charge in [-0.15, -0.1) is 0 Å². The fourth-order valence-electron chi connectivity index (χ4n) is 5.09. The predicted molar refractivity (Wildman–Crippen MR) is 148 cm³/mol. The van der Waals surface area contributed by atoms with Crippen molar-refractivity contribution in [3.05, 3.63) is 71.0 Å². The Kier molecular flexibility index (Phi) is 7.06. The van der Waals surface area contributed by atoms with Crippen molar-refractivity contribution in [2.45, 2.75) is 62.3 Å². The molecule has 0 radical (unpaired) electrons. The predicted octanol–water partition coefficient (Wildman–Crippen LogP) is 5.68. The molecule has 11 heteroatoms. The molecule has 1 aliphatic carbocycles. The molecule has 200 valence electrons. The van der Waals surface area contributed by atoms with Crippen LogP contribution in [0.5, 0.6) is 0 Å². The van der Waals surface area contributed by atoms with Crippen LogP contribution in [0, 0.1) is 5.82 Å². The highest BCUT2D eigenvalue weighted by Crippen LogP contribution is 2.38. The first-order chi connectivity index (χ1) is 18.1. The van der Waals surface area contributed by atoms with E-state index in [0.29, 0.717) is 22.6 Å². The summed E-state index contributed by atoms with van der Waals surface area (Å²) in [6.45, 7) is 4.09. The lowest BCUT2D eigenvalue weighted by Gasteiger charge is -2.27. The lowest BCUT2D eigenvalue weighted by molar-refractivity contribution is 0.387. The standard InChI is InChI=1S/C27H30ClFN6O2S/c1-15(2)27-33-24(25-26(31)32-14-22(35(25)27)16-7-10-18(30)11-8-16)17-9-12-21(20(29)13-17)34-38(36,37)23-6-4-3-5-19(23)28/h3-6,9,12-16,18,34H,7-8,10-11,30H2,1-2H3,(H2,31,32)/t16-,18+. The Bertz CT molecular complexity index is 1610. The van der Waals surface area contributed by atoms with Crippen molar-refractivity contribution in [2.75, 3.05) is 10.5 Å². The maximum absolute atomic E-state index is 15.3. The topological polar surface area (TPSA) is 128 Å². The molecule has 1 aliphatic rings. The van der Waals surface area contributed by atoms with Crippen molar-refractivity contribution < 1.29 is 12.8 Å². The second-order valence-electron chi connectivity index (χ2n) is 10.1. The molecule has 38 heavy (non-hydrogen) atoms. The fraction of sp³-hybridized carbons (Fsp3) is 0.333. The van der Waals surface area contributed by atoms with Crippen molar-refractivity contribution in [2.24, 2.45) is 5.73 Å². The van der Waals surface area contributed by atoms with E-state index >= 15 is 4.39 Å². The van der Waals surface area contributed by atoms with Crippen molar-refractivity contribution in [1.29, 1.82) is 0 Å². The van der Waals surface area contributed by atoms with Gasteiger partial charge in [-0.25, -0.2) is 22.8 Å². The maximum atomic E-state index is 15.3. The number of rotatable bonds is 6. The molecule has 5 N–H and O–H groups in total. The van der Waals surface area contributed by atoms with Crippen LogP contribution in [-0.4, -0.2) is 28.8 Å². The third-order valence-electron chi connectivity index (χ3n) is 7.06. The van der Waals surface area contributed by atoms with E-state index in [4.69, 9.17) is 28.1 Å². The van der Waals surface area contributed by atoms with Crippen LogP contribution in [0.3, 0.4) is 0 Å². The number of anilines is 2.